The van der Waals surface area contributed by atoms with Gasteiger partial charge in [-0.2, -0.15) is 0 Å². The van der Waals surface area contributed by atoms with Gasteiger partial charge in [0.25, 0.3) is 0 Å². The lowest BCUT2D eigenvalue weighted by molar-refractivity contribution is -0.171. The molecule has 0 aromatic heterocycles. The number of rotatable bonds is 2. The lowest BCUT2D eigenvalue weighted by Gasteiger charge is -2.29. The number of hydrogen-bond acceptors (Lipinski definition) is 8. The normalized spacial score (nSPS) is 30.6. The van der Waals surface area contributed by atoms with Gasteiger partial charge in [0.05, 0.1) is 12.6 Å². The molecule has 2 heterocycles. The molecule has 1 N–H and O–H groups in total. The molecule has 0 radical (unpaired) electrons. The summed E-state index contributed by atoms with van der Waals surface area (Å²) in [6, 6.07) is 0. The number of ketones is 1. The van der Waals surface area contributed by atoms with Crippen LogP contribution in [-0.2, 0) is 23.9 Å². The van der Waals surface area contributed by atoms with E-state index in [1.165, 1.54) is 0 Å². The van der Waals surface area contributed by atoms with Crippen LogP contribution in [0.4, 0.5) is 0 Å². The monoisotopic (exact) mass is 428 g/mol. The van der Waals surface area contributed by atoms with Crippen LogP contribution in [0.5, 0.6) is 0 Å². The van der Waals surface area contributed by atoms with Crippen molar-refractivity contribution in [3.8, 4) is 0 Å². The third-order valence-electron chi connectivity index (χ3n) is 5.15. The number of carbonyl (C=O) groups is 3. The highest BCUT2D eigenvalue weighted by atomic mass is 16.6. The molecule has 0 saturated carbocycles. The van der Waals surface area contributed by atoms with Gasteiger partial charge < -0.3 is 19.5 Å². The number of esters is 2. The second-order valence-corrected chi connectivity index (χ2v) is 11.1. The summed E-state index contributed by atoms with van der Waals surface area (Å²) >= 11 is 0. The summed E-state index contributed by atoms with van der Waals surface area (Å²) in [5, 5.41) is 9.84. The number of hydrogen-bond donors (Lipinski definition) is 1. The number of aliphatic hydroxyl groups is 1. The fourth-order valence-electron chi connectivity index (χ4n) is 3.50. The molecule has 0 aromatic carbocycles. The summed E-state index contributed by atoms with van der Waals surface area (Å²) in [7, 11) is 3.71. The lowest BCUT2D eigenvalue weighted by atomic mass is 9.87. The average molecular weight is 429 g/mol. The van der Waals surface area contributed by atoms with Crippen molar-refractivity contribution in [2.45, 2.75) is 72.7 Å². The highest BCUT2D eigenvalue weighted by Gasteiger charge is 2.50. The Hall–Kier alpha value is -1.51. The molecule has 3 atom stereocenters. The van der Waals surface area contributed by atoms with E-state index in [0.29, 0.717) is 26.2 Å². The topological polar surface area (TPSA) is 96.4 Å². The highest BCUT2D eigenvalue weighted by molar-refractivity contribution is 6.06. The first kappa shape index (κ1) is 26.5. The van der Waals surface area contributed by atoms with Crippen molar-refractivity contribution in [1.82, 2.24) is 9.80 Å². The van der Waals surface area contributed by atoms with Crippen LogP contribution in [0, 0.1) is 10.8 Å². The Balaban J connectivity index is 0.000000300. The Morgan fingerprint density at radius 2 is 1.40 bits per heavy atom. The van der Waals surface area contributed by atoms with Crippen molar-refractivity contribution in [2.24, 2.45) is 10.8 Å². The first-order valence-electron chi connectivity index (χ1n) is 10.4. The predicted molar refractivity (Wildman–Crippen MR) is 114 cm³/mol. The maximum absolute atomic E-state index is 11.9. The minimum atomic E-state index is -0.984. The first-order chi connectivity index (χ1) is 13.3. The van der Waals surface area contributed by atoms with Gasteiger partial charge in [0, 0.05) is 19.6 Å². The quantitative estimate of drug-likeness (QED) is 0.522. The zero-order valence-corrected chi connectivity index (χ0v) is 20.3. The van der Waals surface area contributed by atoms with Gasteiger partial charge in [-0.25, -0.2) is 0 Å². The van der Waals surface area contributed by atoms with E-state index in [9.17, 15) is 19.5 Å². The van der Waals surface area contributed by atoms with E-state index in [4.69, 9.17) is 9.47 Å². The van der Waals surface area contributed by atoms with E-state index < -0.39 is 34.1 Å². The molecule has 2 aliphatic heterocycles. The van der Waals surface area contributed by atoms with Gasteiger partial charge in [-0.3, -0.25) is 19.3 Å². The Kier molecular flexibility index (Phi) is 7.89. The van der Waals surface area contributed by atoms with E-state index in [1.54, 1.807) is 34.6 Å². The van der Waals surface area contributed by atoms with Gasteiger partial charge in [0.1, 0.15) is 22.0 Å². The zero-order chi connectivity index (χ0) is 23.7. The van der Waals surface area contributed by atoms with Crippen LogP contribution in [0.2, 0.25) is 0 Å². The summed E-state index contributed by atoms with van der Waals surface area (Å²) in [6.07, 6.45) is -0.641. The van der Waals surface area contributed by atoms with E-state index in [0.717, 1.165) is 0 Å². The van der Waals surface area contributed by atoms with Crippen LogP contribution in [0.1, 0.15) is 55.4 Å². The second-order valence-electron chi connectivity index (χ2n) is 11.1. The third kappa shape index (κ3) is 6.75. The van der Waals surface area contributed by atoms with E-state index in [1.807, 2.05) is 44.7 Å². The van der Waals surface area contributed by atoms with Gasteiger partial charge in [-0.05, 0) is 69.5 Å². The number of aliphatic hydroxyl groups excluding tert-OH is 1. The summed E-state index contributed by atoms with van der Waals surface area (Å²) in [5.74, 6) is -0.782. The summed E-state index contributed by atoms with van der Waals surface area (Å²) in [5.41, 5.74) is -2.81. The molecular weight excluding hydrogens is 388 g/mol. The molecule has 0 aromatic rings. The zero-order valence-electron chi connectivity index (χ0n) is 20.3. The molecule has 0 amide bonds. The van der Waals surface area contributed by atoms with Gasteiger partial charge >= 0.3 is 11.9 Å². The number of likely N-dealkylation sites (tertiary alicyclic amines) is 2. The highest BCUT2D eigenvalue weighted by Crippen LogP contribution is 2.32. The molecule has 8 heteroatoms. The standard InChI is InChI=1S/C11H21NO3.C11H19NO3/c2*1-10(2,3)15-9(14)11(4)7-12(5)6-8(11)13/h8,13H,6-7H2,1-5H3;6-7H2,1-5H3/t8?,11-;11-/m11/s1. The van der Waals surface area contributed by atoms with Crippen molar-refractivity contribution in [2.75, 3.05) is 40.3 Å². The molecule has 0 bridgehead atoms. The minimum absolute atomic E-state index is 0.0562. The Morgan fingerprint density at radius 1 is 0.933 bits per heavy atom. The molecule has 30 heavy (non-hydrogen) atoms. The maximum atomic E-state index is 11.9. The summed E-state index contributed by atoms with van der Waals surface area (Å²) < 4.78 is 10.6. The summed E-state index contributed by atoms with van der Waals surface area (Å²) in [6.45, 7) is 16.2. The van der Waals surface area contributed by atoms with Crippen LogP contribution in [-0.4, -0.2) is 90.2 Å². The van der Waals surface area contributed by atoms with E-state index in [-0.39, 0.29) is 11.8 Å². The van der Waals surface area contributed by atoms with Crippen LogP contribution < -0.4 is 0 Å². The Morgan fingerprint density at radius 3 is 1.73 bits per heavy atom. The van der Waals surface area contributed by atoms with Gasteiger partial charge in [-0.15, -0.1) is 0 Å². The number of β-amino-alcohol motifs (C(OH)–C–C–N with tert-alkyl or cyclic N) is 1. The average Bonchev–Trinajstić information content (AvgIpc) is 2.92. The number of Topliss-reactive ketones (excluding diaryl/α,β-unsaturated/α-hetero) is 1. The second kappa shape index (κ2) is 8.93. The van der Waals surface area contributed by atoms with E-state index in [2.05, 4.69) is 0 Å². The van der Waals surface area contributed by atoms with Crippen molar-refractivity contribution in [3.05, 3.63) is 0 Å². The molecule has 2 fully saturated rings. The molecule has 2 aliphatic rings. The molecular formula is C22H40N2O6. The predicted octanol–water partition coefficient (Wildman–Crippen LogP) is 1.49. The van der Waals surface area contributed by atoms with Crippen molar-refractivity contribution in [3.63, 3.8) is 0 Å². The molecule has 0 aliphatic carbocycles. The van der Waals surface area contributed by atoms with Gasteiger partial charge in [-0.1, -0.05) is 0 Å². The minimum Gasteiger partial charge on any atom is -0.459 e. The third-order valence-corrected chi connectivity index (χ3v) is 5.15. The number of likely N-dealkylation sites (N-methyl/N-ethyl adjacent to an activating group) is 2. The van der Waals surface area contributed by atoms with Gasteiger partial charge in [0.15, 0.2) is 5.78 Å². The fraction of sp³-hybridized carbons (Fsp3) is 0.864. The SMILES string of the molecule is CN1CC(=O)[C@](C)(C(=O)OC(C)(C)C)C1.CN1CC(O)[C@](C)(C(=O)OC(C)(C)C)C1. The Labute approximate surface area is 180 Å². The van der Waals surface area contributed by atoms with Crippen LogP contribution in [0.25, 0.3) is 0 Å². The molecule has 1 unspecified atom stereocenters. The first-order valence-corrected chi connectivity index (χ1v) is 10.4. The maximum Gasteiger partial charge on any atom is 0.321 e. The molecule has 2 saturated heterocycles. The van der Waals surface area contributed by atoms with Crippen LogP contribution in [0.15, 0.2) is 0 Å². The molecule has 174 valence electrons. The lowest BCUT2D eigenvalue weighted by Crippen LogP contribution is -2.43. The smallest absolute Gasteiger partial charge is 0.321 e. The molecule has 0 spiro atoms. The number of ether oxygens (including phenoxy) is 2. The van der Waals surface area contributed by atoms with Crippen molar-refractivity contribution >= 4 is 17.7 Å². The van der Waals surface area contributed by atoms with Gasteiger partial charge in [0.2, 0.25) is 0 Å². The van der Waals surface area contributed by atoms with E-state index >= 15 is 0 Å². The molecule has 8 nitrogen and oxygen atoms in total. The fourth-order valence-corrected chi connectivity index (χ4v) is 3.50. The molecule has 2 rings (SSSR count). The van der Waals surface area contributed by atoms with Crippen molar-refractivity contribution < 1.29 is 29.0 Å². The number of nitrogens with zero attached hydrogens (tertiary/aromatic N) is 2. The largest absolute Gasteiger partial charge is 0.459 e. The van der Waals surface area contributed by atoms with Crippen molar-refractivity contribution in [1.29, 1.82) is 0 Å². The Bertz CT molecular complexity index is 666. The summed E-state index contributed by atoms with van der Waals surface area (Å²) in [4.78, 5) is 39.3. The van der Waals surface area contributed by atoms with Crippen LogP contribution in [0.3, 0.4) is 0 Å². The van der Waals surface area contributed by atoms with Crippen LogP contribution >= 0.6 is 0 Å². The number of carbonyl (C=O) groups excluding carboxylic acids is 3.